The molecule has 2 aromatic rings. The maximum absolute atomic E-state index is 11.2. The molecule has 1 saturated heterocycles. The van der Waals surface area contributed by atoms with Crippen molar-refractivity contribution in [2.45, 2.75) is 31.7 Å². The van der Waals surface area contributed by atoms with Crippen molar-refractivity contribution in [3.05, 3.63) is 57.8 Å². The highest BCUT2D eigenvalue weighted by Crippen LogP contribution is 2.39. The van der Waals surface area contributed by atoms with E-state index in [1.165, 1.54) is 0 Å². The zero-order valence-corrected chi connectivity index (χ0v) is 12.9. The third kappa shape index (κ3) is 2.90. The summed E-state index contributed by atoms with van der Waals surface area (Å²) < 4.78 is 11.1. The maximum Gasteiger partial charge on any atom is 0.193 e. The molecule has 112 valence electrons. The van der Waals surface area contributed by atoms with E-state index in [0.717, 1.165) is 22.4 Å². The Morgan fingerprint density at radius 1 is 1.19 bits per heavy atom. The quantitative estimate of drug-likeness (QED) is 0.912. The molecule has 4 heteroatoms. The predicted molar refractivity (Wildman–Crippen MR) is 83.3 cm³/mol. The molecule has 1 fully saturated rings. The Morgan fingerprint density at radius 2 is 1.90 bits per heavy atom. The molecule has 0 saturated carbocycles. The van der Waals surface area contributed by atoms with Crippen LogP contribution in [0.5, 0.6) is 0 Å². The minimum Gasteiger partial charge on any atom is -0.380 e. The number of hydrogen-bond acceptors (Lipinski definition) is 4. The van der Waals surface area contributed by atoms with Crippen LogP contribution in [0.25, 0.3) is 0 Å². The normalized spacial score (nSPS) is 18.8. The van der Waals surface area contributed by atoms with Crippen molar-refractivity contribution < 1.29 is 14.6 Å². The molecule has 0 bridgehead atoms. The zero-order valence-electron chi connectivity index (χ0n) is 12.1. The molecule has 2 heterocycles. The Hall–Kier alpha value is -1.20. The second-order valence-corrected chi connectivity index (χ2v) is 6.23. The van der Waals surface area contributed by atoms with Crippen LogP contribution in [-0.4, -0.2) is 18.3 Å². The van der Waals surface area contributed by atoms with E-state index in [2.05, 4.69) is 6.92 Å². The SMILES string of the molecule is CCCC(O)(c1ccccc1)c1csc(C2OCCO2)c1. The molecular formula is C17H20O3S. The number of aliphatic hydroxyl groups is 1. The number of ether oxygens (including phenoxy) is 2. The van der Waals surface area contributed by atoms with Gasteiger partial charge < -0.3 is 14.6 Å². The van der Waals surface area contributed by atoms with E-state index in [-0.39, 0.29) is 6.29 Å². The molecular weight excluding hydrogens is 284 g/mol. The summed E-state index contributed by atoms with van der Waals surface area (Å²) in [5, 5.41) is 13.3. The minimum absolute atomic E-state index is 0.273. The summed E-state index contributed by atoms with van der Waals surface area (Å²) in [5.74, 6) is 0. The fourth-order valence-electron chi connectivity index (χ4n) is 2.75. The van der Waals surface area contributed by atoms with Crippen LogP contribution in [0.4, 0.5) is 0 Å². The van der Waals surface area contributed by atoms with Crippen LogP contribution in [0, 0.1) is 0 Å². The topological polar surface area (TPSA) is 38.7 Å². The van der Waals surface area contributed by atoms with Gasteiger partial charge in [0.15, 0.2) is 6.29 Å². The van der Waals surface area contributed by atoms with E-state index < -0.39 is 5.60 Å². The molecule has 1 unspecified atom stereocenters. The monoisotopic (exact) mass is 304 g/mol. The molecule has 21 heavy (non-hydrogen) atoms. The van der Waals surface area contributed by atoms with Gasteiger partial charge in [0.1, 0.15) is 5.60 Å². The highest BCUT2D eigenvalue weighted by Gasteiger charge is 2.32. The number of thiophene rings is 1. The van der Waals surface area contributed by atoms with E-state index in [9.17, 15) is 5.11 Å². The lowest BCUT2D eigenvalue weighted by molar-refractivity contribution is -0.0415. The minimum atomic E-state index is -0.941. The van der Waals surface area contributed by atoms with Gasteiger partial charge in [-0.15, -0.1) is 11.3 Å². The van der Waals surface area contributed by atoms with Crippen LogP contribution in [0.3, 0.4) is 0 Å². The Kier molecular flexibility index (Phi) is 4.40. The van der Waals surface area contributed by atoms with Crippen molar-refractivity contribution in [2.75, 3.05) is 13.2 Å². The maximum atomic E-state index is 11.2. The summed E-state index contributed by atoms with van der Waals surface area (Å²) in [7, 11) is 0. The number of benzene rings is 1. The Morgan fingerprint density at radius 3 is 2.57 bits per heavy atom. The van der Waals surface area contributed by atoms with Crippen LogP contribution >= 0.6 is 11.3 Å². The van der Waals surface area contributed by atoms with Gasteiger partial charge in [-0.3, -0.25) is 0 Å². The summed E-state index contributed by atoms with van der Waals surface area (Å²) >= 11 is 1.58. The van der Waals surface area contributed by atoms with Crippen LogP contribution in [0.15, 0.2) is 41.8 Å². The van der Waals surface area contributed by atoms with Gasteiger partial charge in [0.25, 0.3) is 0 Å². The fraction of sp³-hybridized carbons (Fsp3) is 0.412. The summed E-state index contributed by atoms with van der Waals surface area (Å²) in [5.41, 5.74) is 0.919. The largest absolute Gasteiger partial charge is 0.380 e. The lowest BCUT2D eigenvalue weighted by atomic mass is 9.84. The number of hydrogen-bond donors (Lipinski definition) is 1. The summed E-state index contributed by atoms with van der Waals surface area (Å²) in [4.78, 5) is 1.02. The zero-order chi connectivity index (χ0) is 14.7. The second kappa shape index (κ2) is 6.28. The molecule has 1 atom stereocenters. The molecule has 0 radical (unpaired) electrons. The van der Waals surface area contributed by atoms with Crippen LogP contribution in [-0.2, 0) is 15.1 Å². The molecule has 0 aliphatic carbocycles. The molecule has 1 N–H and O–H groups in total. The fourth-order valence-corrected chi connectivity index (χ4v) is 3.72. The van der Waals surface area contributed by atoms with Gasteiger partial charge in [-0.1, -0.05) is 43.7 Å². The first-order valence-corrected chi connectivity index (χ1v) is 8.22. The Bertz CT molecular complexity index is 575. The first-order chi connectivity index (χ1) is 10.2. The Labute approximate surface area is 129 Å². The lowest BCUT2D eigenvalue weighted by Crippen LogP contribution is -2.26. The van der Waals surface area contributed by atoms with E-state index in [0.29, 0.717) is 19.6 Å². The van der Waals surface area contributed by atoms with Gasteiger partial charge in [0.05, 0.1) is 18.1 Å². The van der Waals surface area contributed by atoms with Gasteiger partial charge in [-0.2, -0.15) is 0 Å². The average molecular weight is 304 g/mol. The lowest BCUT2D eigenvalue weighted by Gasteiger charge is -2.28. The third-order valence-electron chi connectivity index (χ3n) is 3.81. The molecule has 3 rings (SSSR count). The second-order valence-electron chi connectivity index (χ2n) is 5.29. The van der Waals surface area contributed by atoms with Gasteiger partial charge >= 0.3 is 0 Å². The molecule has 3 nitrogen and oxygen atoms in total. The van der Waals surface area contributed by atoms with E-state index in [1.54, 1.807) is 11.3 Å². The average Bonchev–Trinajstić information content (AvgIpc) is 3.19. The third-order valence-corrected chi connectivity index (χ3v) is 4.77. The van der Waals surface area contributed by atoms with Crippen molar-refractivity contribution in [1.29, 1.82) is 0 Å². The molecule has 1 aliphatic heterocycles. The molecule has 0 spiro atoms. The van der Waals surface area contributed by atoms with Crippen molar-refractivity contribution in [3.8, 4) is 0 Å². The van der Waals surface area contributed by atoms with Crippen LogP contribution in [0.1, 0.15) is 42.1 Å². The van der Waals surface area contributed by atoms with Gasteiger partial charge in [-0.25, -0.2) is 0 Å². The standard InChI is InChI=1S/C17H20O3S/c1-2-8-17(18,13-6-4-3-5-7-13)14-11-15(21-12-14)16-19-9-10-20-16/h3-7,11-12,16,18H,2,8-10H2,1H3. The molecule has 1 aromatic carbocycles. The first kappa shape index (κ1) is 14.7. The molecule has 0 amide bonds. The van der Waals surface area contributed by atoms with Crippen molar-refractivity contribution >= 4 is 11.3 Å². The van der Waals surface area contributed by atoms with Crippen LogP contribution < -0.4 is 0 Å². The summed E-state index contributed by atoms with van der Waals surface area (Å²) in [6, 6.07) is 11.9. The van der Waals surface area contributed by atoms with Crippen molar-refractivity contribution in [2.24, 2.45) is 0 Å². The van der Waals surface area contributed by atoms with Crippen molar-refractivity contribution in [1.82, 2.24) is 0 Å². The molecule has 1 aromatic heterocycles. The number of rotatable bonds is 5. The Balaban J connectivity index is 1.94. The van der Waals surface area contributed by atoms with Gasteiger partial charge in [0, 0.05) is 0 Å². The highest BCUT2D eigenvalue weighted by molar-refractivity contribution is 7.10. The van der Waals surface area contributed by atoms with Crippen LogP contribution in [0.2, 0.25) is 0 Å². The van der Waals surface area contributed by atoms with E-state index >= 15 is 0 Å². The van der Waals surface area contributed by atoms with E-state index in [1.807, 2.05) is 41.8 Å². The predicted octanol–water partition coefficient (Wildman–Crippen LogP) is 3.83. The summed E-state index contributed by atoms with van der Waals surface area (Å²) in [6.45, 7) is 3.36. The first-order valence-electron chi connectivity index (χ1n) is 7.34. The smallest absolute Gasteiger partial charge is 0.193 e. The van der Waals surface area contributed by atoms with Gasteiger partial charge in [0.2, 0.25) is 0 Å². The molecule has 1 aliphatic rings. The highest BCUT2D eigenvalue weighted by atomic mass is 32.1. The van der Waals surface area contributed by atoms with Gasteiger partial charge in [-0.05, 0) is 29.0 Å². The van der Waals surface area contributed by atoms with E-state index in [4.69, 9.17) is 9.47 Å². The van der Waals surface area contributed by atoms with Crippen molar-refractivity contribution in [3.63, 3.8) is 0 Å². The summed E-state index contributed by atoms with van der Waals surface area (Å²) in [6.07, 6.45) is 1.33.